The lowest BCUT2D eigenvalue weighted by molar-refractivity contribution is -0.120. The van der Waals surface area contributed by atoms with Crippen LogP contribution in [0, 0.1) is 27.7 Å². The molecule has 1 aliphatic rings. The Kier molecular flexibility index (Phi) is 5.57. The van der Waals surface area contributed by atoms with E-state index in [9.17, 15) is 9.59 Å². The van der Waals surface area contributed by atoms with Gasteiger partial charge in [-0.2, -0.15) is 0 Å². The largest absolute Gasteiger partial charge is 0.495 e. The number of nitrogens with one attached hydrogen (secondary N) is 1. The third-order valence-electron chi connectivity index (χ3n) is 5.72. The summed E-state index contributed by atoms with van der Waals surface area (Å²) in [6.45, 7) is 7.83. The van der Waals surface area contributed by atoms with E-state index < -0.39 is 5.91 Å². The van der Waals surface area contributed by atoms with Crippen LogP contribution in [0.25, 0.3) is 5.57 Å². The summed E-state index contributed by atoms with van der Waals surface area (Å²) >= 11 is 0. The Morgan fingerprint density at radius 2 is 1.47 bits per heavy atom. The van der Waals surface area contributed by atoms with Gasteiger partial charge in [-0.15, -0.1) is 0 Å². The van der Waals surface area contributed by atoms with E-state index in [4.69, 9.17) is 4.74 Å². The van der Waals surface area contributed by atoms with Crippen LogP contribution in [0.4, 0.5) is 11.4 Å². The highest BCUT2D eigenvalue weighted by atomic mass is 16.5. The molecule has 162 valence electrons. The predicted molar refractivity (Wildman–Crippen MR) is 128 cm³/mol. The maximum Gasteiger partial charge on any atom is 0.282 e. The Bertz CT molecular complexity index is 1270. The highest BCUT2D eigenvalue weighted by Gasteiger charge is 2.42. The molecule has 0 aliphatic carbocycles. The molecule has 0 unspecified atom stereocenters. The Morgan fingerprint density at radius 1 is 0.781 bits per heavy atom. The molecular weight excluding hydrogens is 400 g/mol. The van der Waals surface area contributed by atoms with Crippen LogP contribution in [0.5, 0.6) is 5.75 Å². The molecule has 0 atom stereocenters. The second-order valence-corrected chi connectivity index (χ2v) is 8.13. The van der Waals surface area contributed by atoms with Gasteiger partial charge in [-0.25, -0.2) is 4.90 Å². The molecule has 5 heteroatoms. The number of nitrogens with zero attached hydrogens (tertiary/aromatic N) is 1. The van der Waals surface area contributed by atoms with Crippen LogP contribution < -0.4 is 15.0 Å². The Labute approximate surface area is 188 Å². The van der Waals surface area contributed by atoms with Crippen molar-refractivity contribution in [2.45, 2.75) is 27.7 Å². The van der Waals surface area contributed by atoms with Crippen molar-refractivity contribution in [2.24, 2.45) is 0 Å². The van der Waals surface area contributed by atoms with Gasteiger partial charge >= 0.3 is 0 Å². The molecule has 4 rings (SSSR count). The predicted octanol–water partition coefficient (Wildman–Crippen LogP) is 5.33. The third kappa shape index (κ3) is 3.66. The van der Waals surface area contributed by atoms with Gasteiger partial charge in [-0.05, 0) is 68.1 Å². The van der Waals surface area contributed by atoms with E-state index in [1.165, 1.54) is 12.0 Å². The minimum Gasteiger partial charge on any atom is -0.495 e. The van der Waals surface area contributed by atoms with Crippen LogP contribution >= 0.6 is 0 Å². The number of anilines is 2. The Hall–Kier alpha value is -3.86. The summed E-state index contributed by atoms with van der Waals surface area (Å²) in [7, 11) is 1.53. The molecule has 1 aliphatic heterocycles. The fourth-order valence-electron chi connectivity index (χ4n) is 4.03. The van der Waals surface area contributed by atoms with Crippen molar-refractivity contribution in [3.63, 3.8) is 0 Å². The lowest BCUT2D eigenvalue weighted by Gasteiger charge is -2.19. The van der Waals surface area contributed by atoms with Crippen molar-refractivity contribution >= 4 is 28.8 Å². The quantitative estimate of drug-likeness (QED) is 0.561. The first-order valence-corrected chi connectivity index (χ1v) is 10.5. The second-order valence-electron chi connectivity index (χ2n) is 8.13. The third-order valence-corrected chi connectivity index (χ3v) is 5.72. The summed E-state index contributed by atoms with van der Waals surface area (Å²) < 4.78 is 5.48. The molecule has 1 N–H and O–H groups in total. The average Bonchev–Trinajstić information content (AvgIpc) is 2.99. The molecule has 0 spiro atoms. The molecule has 0 saturated carbocycles. The lowest BCUT2D eigenvalue weighted by Crippen LogP contribution is -2.32. The molecule has 3 aromatic rings. The lowest BCUT2D eigenvalue weighted by atomic mass is 9.97. The van der Waals surface area contributed by atoms with E-state index in [2.05, 4.69) is 5.32 Å². The van der Waals surface area contributed by atoms with Gasteiger partial charge in [0.2, 0.25) is 0 Å². The zero-order valence-corrected chi connectivity index (χ0v) is 18.9. The molecule has 0 saturated heterocycles. The summed E-state index contributed by atoms with van der Waals surface area (Å²) in [5.41, 5.74) is 6.51. The molecular formula is C27H26N2O3. The zero-order valence-electron chi connectivity index (χ0n) is 18.9. The number of carbonyl (C=O) groups is 2. The van der Waals surface area contributed by atoms with Crippen molar-refractivity contribution in [3.8, 4) is 5.75 Å². The first-order valence-electron chi connectivity index (χ1n) is 10.5. The van der Waals surface area contributed by atoms with E-state index in [0.717, 1.165) is 33.5 Å². The summed E-state index contributed by atoms with van der Waals surface area (Å²) in [5.74, 6) is -0.312. The molecule has 2 amide bonds. The van der Waals surface area contributed by atoms with Gasteiger partial charge in [0, 0.05) is 5.69 Å². The maximum atomic E-state index is 13.8. The number of amides is 2. The van der Waals surface area contributed by atoms with Crippen LogP contribution in [0.1, 0.15) is 27.8 Å². The smallest absolute Gasteiger partial charge is 0.282 e. The van der Waals surface area contributed by atoms with Gasteiger partial charge in [0.15, 0.2) is 0 Å². The molecule has 32 heavy (non-hydrogen) atoms. The Morgan fingerprint density at radius 3 is 2.16 bits per heavy atom. The highest BCUT2D eigenvalue weighted by molar-refractivity contribution is 6.46. The SMILES string of the molecule is COc1ccc(C)cc1N1C(=O)C(Nc2ccccc2C)=C(c2ccc(C)cc2C)C1=O. The van der Waals surface area contributed by atoms with Crippen molar-refractivity contribution in [1.29, 1.82) is 0 Å². The maximum absolute atomic E-state index is 13.8. The number of aryl methyl sites for hydroxylation is 4. The number of benzene rings is 3. The van der Waals surface area contributed by atoms with E-state index in [0.29, 0.717) is 17.0 Å². The standard InChI is InChI=1S/C27H26N2O3/c1-16-10-12-20(19(4)14-16)24-25(28-21-9-7-6-8-18(21)3)27(31)29(26(24)30)22-15-17(2)11-13-23(22)32-5/h6-15,28H,1-5H3. The van der Waals surface area contributed by atoms with Crippen molar-refractivity contribution in [2.75, 3.05) is 17.3 Å². The monoisotopic (exact) mass is 426 g/mol. The fraction of sp³-hybridized carbons (Fsp3) is 0.185. The molecule has 0 fully saturated rings. The molecule has 3 aromatic carbocycles. The van der Waals surface area contributed by atoms with Gasteiger partial charge in [0.25, 0.3) is 11.8 Å². The van der Waals surface area contributed by atoms with Gasteiger partial charge in [-0.1, -0.05) is 48.0 Å². The van der Waals surface area contributed by atoms with Crippen molar-refractivity contribution in [3.05, 3.63) is 94.2 Å². The fourth-order valence-corrected chi connectivity index (χ4v) is 4.03. The number of imide groups is 1. The van der Waals surface area contributed by atoms with Crippen LogP contribution in [0.15, 0.2) is 66.4 Å². The summed E-state index contributed by atoms with van der Waals surface area (Å²) in [6.07, 6.45) is 0. The number of para-hydroxylation sites is 1. The van der Waals surface area contributed by atoms with Crippen molar-refractivity contribution < 1.29 is 14.3 Å². The number of carbonyl (C=O) groups excluding carboxylic acids is 2. The number of hydrogen-bond acceptors (Lipinski definition) is 4. The van der Waals surface area contributed by atoms with E-state index in [-0.39, 0.29) is 11.6 Å². The van der Waals surface area contributed by atoms with Gasteiger partial charge in [0.05, 0.1) is 18.4 Å². The summed E-state index contributed by atoms with van der Waals surface area (Å²) in [4.78, 5) is 28.7. The van der Waals surface area contributed by atoms with Crippen LogP contribution in [0.3, 0.4) is 0 Å². The van der Waals surface area contributed by atoms with Gasteiger partial charge in [-0.3, -0.25) is 9.59 Å². The highest BCUT2D eigenvalue weighted by Crippen LogP contribution is 2.39. The molecule has 0 bridgehead atoms. The zero-order chi connectivity index (χ0) is 23.0. The van der Waals surface area contributed by atoms with Gasteiger partial charge < -0.3 is 10.1 Å². The number of ether oxygens (including phenoxy) is 1. The first-order chi connectivity index (χ1) is 15.3. The van der Waals surface area contributed by atoms with Crippen molar-refractivity contribution in [1.82, 2.24) is 0 Å². The van der Waals surface area contributed by atoms with E-state index in [1.54, 1.807) is 12.1 Å². The molecule has 1 heterocycles. The minimum absolute atomic E-state index is 0.264. The first kappa shape index (κ1) is 21.4. The Balaban J connectivity index is 1.91. The van der Waals surface area contributed by atoms with E-state index >= 15 is 0 Å². The van der Waals surface area contributed by atoms with Gasteiger partial charge in [0.1, 0.15) is 11.4 Å². The van der Waals surface area contributed by atoms with Crippen LogP contribution in [-0.2, 0) is 9.59 Å². The number of hydrogen-bond donors (Lipinski definition) is 1. The number of rotatable bonds is 5. The van der Waals surface area contributed by atoms with Crippen LogP contribution in [0.2, 0.25) is 0 Å². The summed E-state index contributed by atoms with van der Waals surface area (Å²) in [6, 6.07) is 19.0. The number of methoxy groups -OCH3 is 1. The van der Waals surface area contributed by atoms with E-state index in [1.807, 2.05) is 76.2 Å². The molecule has 0 radical (unpaired) electrons. The molecule has 5 nitrogen and oxygen atoms in total. The minimum atomic E-state index is -0.405. The van der Waals surface area contributed by atoms with Crippen LogP contribution in [-0.4, -0.2) is 18.9 Å². The average molecular weight is 427 g/mol. The summed E-state index contributed by atoms with van der Waals surface area (Å²) in [5, 5.41) is 3.26. The normalized spacial score (nSPS) is 13.7. The topological polar surface area (TPSA) is 58.6 Å². The molecule has 0 aromatic heterocycles. The second kappa shape index (κ2) is 8.35.